The summed E-state index contributed by atoms with van der Waals surface area (Å²) in [5, 5.41) is 9.17. The molecule has 154 valence electrons. The van der Waals surface area contributed by atoms with Crippen molar-refractivity contribution in [1.82, 2.24) is 15.1 Å². The smallest absolute Gasteiger partial charge is 0.226 e. The Morgan fingerprint density at radius 3 is 2.76 bits per heavy atom. The maximum atomic E-state index is 12.2. The van der Waals surface area contributed by atoms with Crippen LogP contribution in [0, 0.1) is 0 Å². The fourth-order valence-corrected chi connectivity index (χ4v) is 3.38. The number of aromatic nitrogens is 3. The normalized spacial score (nSPS) is 10.9. The summed E-state index contributed by atoms with van der Waals surface area (Å²) in [5.74, 6) is 2.76. The standard InChI is InChI=1S/C20H24N4O4S/c1-12(2)19-23-18(28-24-19)7-5-6-17(25)22-20-21-15(11-29-20)14-10-13(26-3)8-9-16(14)27-4/h8-12H,5-7H2,1-4H3,(H,21,22,25). The third-order valence-corrected chi connectivity index (χ3v) is 4.99. The summed E-state index contributed by atoms with van der Waals surface area (Å²) in [6.45, 7) is 4.01. The minimum Gasteiger partial charge on any atom is -0.497 e. The molecule has 8 nitrogen and oxygen atoms in total. The third-order valence-electron chi connectivity index (χ3n) is 4.23. The largest absolute Gasteiger partial charge is 0.497 e. The minimum atomic E-state index is -0.105. The molecular weight excluding hydrogens is 392 g/mol. The Balaban J connectivity index is 1.56. The van der Waals surface area contributed by atoms with E-state index in [2.05, 4.69) is 20.4 Å². The first-order valence-corrected chi connectivity index (χ1v) is 10.2. The highest BCUT2D eigenvalue weighted by molar-refractivity contribution is 7.14. The second kappa shape index (κ2) is 9.51. The van der Waals surface area contributed by atoms with E-state index < -0.39 is 0 Å². The number of amides is 1. The average Bonchev–Trinajstić information content (AvgIpc) is 3.37. The van der Waals surface area contributed by atoms with Gasteiger partial charge in [0.1, 0.15) is 11.5 Å². The summed E-state index contributed by atoms with van der Waals surface area (Å²) in [5.41, 5.74) is 1.52. The van der Waals surface area contributed by atoms with Crippen LogP contribution in [0.5, 0.6) is 11.5 Å². The van der Waals surface area contributed by atoms with Crippen molar-refractivity contribution < 1.29 is 18.8 Å². The number of benzene rings is 1. The molecule has 0 fully saturated rings. The lowest BCUT2D eigenvalue weighted by molar-refractivity contribution is -0.116. The fraction of sp³-hybridized carbons (Fsp3) is 0.400. The number of methoxy groups -OCH3 is 2. The number of rotatable bonds is 9. The molecule has 0 aliphatic heterocycles. The Morgan fingerprint density at radius 2 is 2.07 bits per heavy atom. The van der Waals surface area contributed by atoms with Crippen LogP contribution in [0.25, 0.3) is 11.3 Å². The predicted molar refractivity (Wildman–Crippen MR) is 111 cm³/mol. The van der Waals surface area contributed by atoms with Gasteiger partial charge in [-0.2, -0.15) is 4.98 Å². The molecule has 0 atom stereocenters. The van der Waals surface area contributed by atoms with Gasteiger partial charge in [-0.1, -0.05) is 19.0 Å². The highest BCUT2D eigenvalue weighted by atomic mass is 32.1. The molecule has 0 aliphatic rings. The molecule has 0 spiro atoms. The van der Waals surface area contributed by atoms with E-state index in [0.29, 0.717) is 53.3 Å². The number of aryl methyl sites for hydroxylation is 1. The molecule has 0 unspecified atom stereocenters. The first kappa shape index (κ1) is 20.8. The molecule has 1 aromatic carbocycles. The van der Waals surface area contributed by atoms with Gasteiger partial charge >= 0.3 is 0 Å². The lowest BCUT2D eigenvalue weighted by atomic mass is 10.1. The monoisotopic (exact) mass is 416 g/mol. The summed E-state index contributed by atoms with van der Waals surface area (Å²) >= 11 is 1.36. The Morgan fingerprint density at radius 1 is 1.24 bits per heavy atom. The summed E-state index contributed by atoms with van der Waals surface area (Å²) in [6, 6.07) is 5.51. The second-order valence-corrected chi connectivity index (χ2v) is 7.56. The molecule has 2 heterocycles. The van der Waals surface area contributed by atoms with Gasteiger partial charge in [0.2, 0.25) is 11.8 Å². The van der Waals surface area contributed by atoms with E-state index in [1.54, 1.807) is 14.2 Å². The molecule has 0 saturated carbocycles. The summed E-state index contributed by atoms with van der Waals surface area (Å²) in [7, 11) is 3.21. The molecule has 0 aliphatic carbocycles. The van der Waals surface area contributed by atoms with Crippen LogP contribution < -0.4 is 14.8 Å². The van der Waals surface area contributed by atoms with E-state index in [0.717, 1.165) is 5.56 Å². The average molecular weight is 417 g/mol. The third kappa shape index (κ3) is 5.32. The molecule has 2 aromatic heterocycles. The Bertz CT molecular complexity index is 967. The van der Waals surface area contributed by atoms with Crippen LogP contribution >= 0.6 is 11.3 Å². The molecule has 9 heteroatoms. The first-order valence-electron chi connectivity index (χ1n) is 9.30. The lowest BCUT2D eigenvalue weighted by Gasteiger charge is -2.08. The van der Waals surface area contributed by atoms with Crippen LogP contribution in [0.2, 0.25) is 0 Å². The highest BCUT2D eigenvalue weighted by Crippen LogP contribution is 2.35. The fourth-order valence-electron chi connectivity index (χ4n) is 2.66. The van der Waals surface area contributed by atoms with Crippen molar-refractivity contribution in [3.05, 3.63) is 35.3 Å². The van der Waals surface area contributed by atoms with Crippen molar-refractivity contribution in [2.24, 2.45) is 0 Å². The summed E-state index contributed by atoms with van der Waals surface area (Å²) in [4.78, 5) is 21.0. The zero-order valence-corrected chi connectivity index (χ0v) is 17.7. The molecule has 29 heavy (non-hydrogen) atoms. The lowest BCUT2D eigenvalue weighted by Crippen LogP contribution is -2.11. The van der Waals surface area contributed by atoms with Crippen molar-refractivity contribution in [2.45, 2.75) is 39.0 Å². The predicted octanol–water partition coefficient (Wildman–Crippen LogP) is 4.30. The molecule has 0 saturated heterocycles. The van der Waals surface area contributed by atoms with Crippen LogP contribution in [-0.4, -0.2) is 35.3 Å². The van der Waals surface area contributed by atoms with Gasteiger partial charge in [-0.3, -0.25) is 4.79 Å². The van der Waals surface area contributed by atoms with Crippen LogP contribution in [0.1, 0.15) is 44.3 Å². The number of carbonyl (C=O) groups is 1. The zero-order valence-electron chi connectivity index (χ0n) is 16.9. The van der Waals surface area contributed by atoms with Crippen LogP contribution in [0.4, 0.5) is 5.13 Å². The second-order valence-electron chi connectivity index (χ2n) is 6.71. The van der Waals surface area contributed by atoms with Gasteiger partial charge in [0.25, 0.3) is 0 Å². The number of ether oxygens (including phenoxy) is 2. The van der Waals surface area contributed by atoms with Gasteiger partial charge in [-0.25, -0.2) is 4.98 Å². The molecule has 3 rings (SSSR count). The quantitative estimate of drug-likeness (QED) is 0.555. The van der Waals surface area contributed by atoms with Crippen LogP contribution in [0.15, 0.2) is 28.1 Å². The van der Waals surface area contributed by atoms with Crippen molar-refractivity contribution in [2.75, 3.05) is 19.5 Å². The van der Waals surface area contributed by atoms with Gasteiger partial charge in [0.05, 0.1) is 19.9 Å². The summed E-state index contributed by atoms with van der Waals surface area (Å²) < 4.78 is 15.9. The van der Waals surface area contributed by atoms with Crippen molar-refractivity contribution in [3.63, 3.8) is 0 Å². The number of hydrogen-bond donors (Lipinski definition) is 1. The van der Waals surface area contributed by atoms with Crippen molar-refractivity contribution >= 4 is 22.4 Å². The Labute approximate surface area is 173 Å². The van der Waals surface area contributed by atoms with E-state index in [1.807, 2.05) is 37.4 Å². The maximum Gasteiger partial charge on any atom is 0.226 e. The number of nitrogens with one attached hydrogen (secondary N) is 1. The minimum absolute atomic E-state index is 0.105. The molecule has 3 aromatic rings. The number of hydrogen-bond acceptors (Lipinski definition) is 8. The first-order chi connectivity index (χ1) is 14.0. The number of nitrogens with zero attached hydrogens (tertiary/aromatic N) is 3. The van der Waals surface area contributed by atoms with Crippen LogP contribution in [-0.2, 0) is 11.2 Å². The van der Waals surface area contributed by atoms with E-state index in [4.69, 9.17) is 14.0 Å². The van der Waals surface area contributed by atoms with E-state index in [1.165, 1.54) is 11.3 Å². The van der Waals surface area contributed by atoms with Crippen molar-refractivity contribution in [1.29, 1.82) is 0 Å². The number of anilines is 1. The van der Waals surface area contributed by atoms with E-state index in [9.17, 15) is 4.79 Å². The van der Waals surface area contributed by atoms with Gasteiger partial charge < -0.3 is 19.3 Å². The maximum absolute atomic E-state index is 12.2. The Hall–Kier alpha value is -2.94. The molecular formula is C20H24N4O4S. The van der Waals surface area contributed by atoms with E-state index in [-0.39, 0.29) is 11.8 Å². The number of thiazole rings is 1. The van der Waals surface area contributed by atoms with Crippen LogP contribution in [0.3, 0.4) is 0 Å². The highest BCUT2D eigenvalue weighted by Gasteiger charge is 2.14. The molecule has 0 radical (unpaired) electrons. The number of carbonyl (C=O) groups excluding carboxylic acids is 1. The van der Waals surface area contributed by atoms with Gasteiger partial charge in [-0.05, 0) is 24.6 Å². The van der Waals surface area contributed by atoms with Gasteiger partial charge in [0, 0.05) is 29.7 Å². The summed E-state index contributed by atoms with van der Waals surface area (Å²) in [6.07, 6.45) is 1.53. The topological polar surface area (TPSA) is 99.4 Å². The molecule has 0 bridgehead atoms. The zero-order chi connectivity index (χ0) is 20.8. The van der Waals surface area contributed by atoms with Crippen molar-refractivity contribution in [3.8, 4) is 22.8 Å². The molecule has 1 amide bonds. The van der Waals surface area contributed by atoms with Gasteiger partial charge in [0.15, 0.2) is 11.0 Å². The van der Waals surface area contributed by atoms with E-state index >= 15 is 0 Å². The Kier molecular flexibility index (Phi) is 6.82. The SMILES string of the molecule is COc1ccc(OC)c(-c2csc(NC(=O)CCCc3nc(C(C)C)no3)n2)c1. The molecule has 1 N–H and O–H groups in total. The van der Waals surface area contributed by atoms with Gasteiger partial charge in [-0.15, -0.1) is 11.3 Å².